The summed E-state index contributed by atoms with van der Waals surface area (Å²) in [5.74, 6) is 0. The highest BCUT2D eigenvalue weighted by molar-refractivity contribution is 7.51. The van der Waals surface area contributed by atoms with Crippen molar-refractivity contribution in [1.29, 1.82) is 0 Å². The summed E-state index contributed by atoms with van der Waals surface area (Å²) < 4.78 is 16.6. The van der Waals surface area contributed by atoms with Crippen molar-refractivity contribution >= 4 is 11.6 Å². The van der Waals surface area contributed by atoms with Gasteiger partial charge in [0.05, 0.1) is 0 Å². The Bertz CT molecular complexity index is 79.1. The summed E-state index contributed by atoms with van der Waals surface area (Å²) in [5.41, 5.74) is 0. The Morgan fingerprint density at radius 2 is 0.727 bits per heavy atom. The molecule has 0 N–H and O–H groups in total. The summed E-state index contributed by atoms with van der Waals surface area (Å²) in [6.45, 7) is 0. The van der Waals surface area contributed by atoms with Crippen LogP contribution in [0.1, 0.15) is 0 Å². The fraction of sp³-hybridized carbons (Fsp3) is 1.00. The standard InChI is InChI=1S/2C3H9N.O2S/c2*1-4(2)3;1-3-2/h2*1-3H3;. The van der Waals surface area contributed by atoms with Gasteiger partial charge in [-0.25, -0.2) is 0 Å². The predicted molar refractivity (Wildman–Crippen MR) is 48.1 cm³/mol. The van der Waals surface area contributed by atoms with Gasteiger partial charge in [0, 0.05) is 0 Å². The third kappa shape index (κ3) is 8630. The van der Waals surface area contributed by atoms with Crippen LogP contribution in [-0.2, 0) is 11.6 Å². The molecular formula is C6H18N2O2S. The van der Waals surface area contributed by atoms with Gasteiger partial charge in [-0.15, -0.1) is 0 Å². The molecule has 0 bridgehead atoms. The molecule has 0 atom stereocenters. The molecule has 0 amide bonds. The van der Waals surface area contributed by atoms with E-state index in [2.05, 4.69) is 0 Å². The molecule has 0 aliphatic heterocycles. The van der Waals surface area contributed by atoms with E-state index in [1.807, 2.05) is 52.1 Å². The van der Waals surface area contributed by atoms with Crippen LogP contribution in [0.2, 0.25) is 0 Å². The Balaban J connectivity index is -0.0000000886. The average molecular weight is 182 g/mol. The molecule has 5 heteroatoms. The van der Waals surface area contributed by atoms with E-state index in [1.54, 1.807) is 0 Å². The van der Waals surface area contributed by atoms with Gasteiger partial charge in [-0.3, -0.25) is 0 Å². The quantitative estimate of drug-likeness (QED) is 0.515. The minimum absolute atomic E-state index is 0.750. The fourth-order valence-electron chi connectivity index (χ4n) is 0. The molecule has 70 valence electrons. The third-order valence-corrected chi connectivity index (χ3v) is 0. The van der Waals surface area contributed by atoms with Gasteiger partial charge in [0.25, 0.3) is 0 Å². The van der Waals surface area contributed by atoms with Gasteiger partial charge in [0.2, 0.25) is 0 Å². The van der Waals surface area contributed by atoms with Crippen molar-refractivity contribution in [3.63, 3.8) is 0 Å². The Morgan fingerprint density at radius 1 is 0.727 bits per heavy atom. The predicted octanol–water partition coefficient (Wildman–Crippen LogP) is -0.315. The van der Waals surface area contributed by atoms with Gasteiger partial charge < -0.3 is 9.80 Å². The van der Waals surface area contributed by atoms with Crippen LogP contribution in [-0.4, -0.2) is 60.5 Å². The van der Waals surface area contributed by atoms with Gasteiger partial charge >= 0.3 is 11.6 Å². The summed E-state index contributed by atoms with van der Waals surface area (Å²) in [5, 5.41) is 0. The van der Waals surface area contributed by atoms with Crippen LogP contribution in [0.15, 0.2) is 0 Å². The lowest BCUT2D eigenvalue weighted by Gasteiger charge is -1.90. The molecule has 0 aromatic heterocycles. The van der Waals surface area contributed by atoms with E-state index in [1.165, 1.54) is 0 Å². The number of rotatable bonds is 0. The van der Waals surface area contributed by atoms with Crippen molar-refractivity contribution in [2.75, 3.05) is 42.3 Å². The van der Waals surface area contributed by atoms with E-state index < -0.39 is 11.6 Å². The second-order valence-corrected chi connectivity index (χ2v) is 2.89. The van der Waals surface area contributed by atoms with E-state index in [4.69, 9.17) is 8.42 Å². The SMILES string of the molecule is CN(C)C.CN(C)C.O=S=O. The molecule has 0 heterocycles. The van der Waals surface area contributed by atoms with Crippen LogP contribution in [0.3, 0.4) is 0 Å². The van der Waals surface area contributed by atoms with Gasteiger partial charge in [0.1, 0.15) is 0 Å². The zero-order valence-corrected chi connectivity index (χ0v) is 8.94. The van der Waals surface area contributed by atoms with Gasteiger partial charge in [-0.2, -0.15) is 8.42 Å². The van der Waals surface area contributed by atoms with Crippen LogP contribution < -0.4 is 0 Å². The number of hydrogen-bond donors (Lipinski definition) is 0. The van der Waals surface area contributed by atoms with Gasteiger partial charge in [-0.1, -0.05) is 0 Å². The van der Waals surface area contributed by atoms with Crippen molar-refractivity contribution in [1.82, 2.24) is 9.80 Å². The first-order valence-corrected chi connectivity index (χ1v) is 3.68. The monoisotopic (exact) mass is 182 g/mol. The Kier molecular flexibility index (Phi) is 25.3. The minimum Gasteiger partial charge on any atom is -0.312 e. The molecule has 0 spiro atoms. The second kappa shape index (κ2) is 16.4. The first kappa shape index (κ1) is 17.0. The fourth-order valence-corrected chi connectivity index (χ4v) is 0. The molecular weight excluding hydrogens is 164 g/mol. The Hall–Kier alpha value is -0.260. The van der Waals surface area contributed by atoms with Crippen molar-refractivity contribution < 1.29 is 8.42 Å². The zero-order chi connectivity index (χ0) is 9.86. The summed E-state index contributed by atoms with van der Waals surface area (Å²) in [6, 6.07) is 0. The molecule has 0 aliphatic carbocycles. The van der Waals surface area contributed by atoms with Crippen LogP contribution in [0.5, 0.6) is 0 Å². The van der Waals surface area contributed by atoms with Crippen molar-refractivity contribution in [2.45, 2.75) is 0 Å². The normalized spacial score (nSPS) is 7.64. The largest absolute Gasteiger partial charge is 0.335 e. The summed E-state index contributed by atoms with van der Waals surface area (Å²) in [6.07, 6.45) is 0. The van der Waals surface area contributed by atoms with Crippen molar-refractivity contribution in [2.24, 2.45) is 0 Å². The average Bonchev–Trinajstić information content (AvgIpc) is 1.60. The lowest BCUT2D eigenvalue weighted by atomic mass is 11.0. The van der Waals surface area contributed by atoms with Crippen LogP contribution in [0, 0.1) is 0 Å². The molecule has 0 aliphatic rings. The third-order valence-electron chi connectivity index (χ3n) is 0. The van der Waals surface area contributed by atoms with E-state index >= 15 is 0 Å². The Morgan fingerprint density at radius 3 is 0.727 bits per heavy atom. The maximum Gasteiger partial charge on any atom is 0.335 e. The molecule has 0 unspecified atom stereocenters. The number of hydrogen-bond acceptors (Lipinski definition) is 4. The highest BCUT2D eigenvalue weighted by atomic mass is 32.1. The second-order valence-electron chi connectivity index (χ2n) is 2.75. The van der Waals surface area contributed by atoms with Crippen molar-refractivity contribution in [3.05, 3.63) is 0 Å². The maximum absolute atomic E-state index is 8.29. The smallest absolute Gasteiger partial charge is 0.312 e. The first-order valence-electron chi connectivity index (χ1n) is 3.02. The molecule has 4 nitrogen and oxygen atoms in total. The Labute approximate surface area is 72.8 Å². The van der Waals surface area contributed by atoms with Crippen LogP contribution in [0.4, 0.5) is 0 Å². The van der Waals surface area contributed by atoms with E-state index in [-0.39, 0.29) is 0 Å². The topological polar surface area (TPSA) is 40.6 Å². The van der Waals surface area contributed by atoms with E-state index in [0.29, 0.717) is 0 Å². The molecule has 0 aromatic rings. The summed E-state index contributed by atoms with van der Waals surface area (Å²) >= 11 is -0.750. The lowest BCUT2D eigenvalue weighted by molar-refractivity contribution is 0.505. The highest BCUT2D eigenvalue weighted by Crippen LogP contribution is 1.48. The van der Waals surface area contributed by atoms with E-state index in [0.717, 1.165) is 0 Å². The maximum atomic E-state index is 8.29. The molecule has 11 heavy (non-hydrogen) atoms. The van der Waals surface area contributed by atoms with E-state index in [9.17, 15) is 0 Å². The molecule has 0 fully saturated rings. The molecule has 0 radical (unpaired) electrons. The zero-order valence-electron chi connectivity index (χ0n) is 8.12. The minimum atomic E-state index is -0.750. The lowest BCUT2D eigenvalue weighted by Crippen LogP contribution is -1.99. The molecule has 0 saturated heterocycles. The van der Waals surface area contributed by atoms with Crippen molar-refractivity contribution in [3.8, 4) is 0 Å². The summed E-state index contributed by atoms with van der Waals surface area (Å²) in [7, 11) is 12.0. The molecule has 0 rings (SSSR count). The van der Waals surface area contributed by atoms with Gasteiger partial charge in [0.15, 0.2) is 0 Å². The van der Waals surface area contributed by atoms with Crippen LogP contribution >= 0.6 is 0 Å². The van der Waals surface area contributed by atoms with Gasteiger partial charge in [-0.05, 0) is 42.3 Å². The van der Waals surface area contributed by atoms with Crippen LogP contribution in [0.25, 0.3) is 0 Å². The molecule has 0 saturated carbocycles. The first-order chi connectivity index (χ1) is 4.88. The summed E-state index contributed by atoms with van der Waals surface area (Å²) in [4.78, 5) is 4.00. The number of nitrogens with zero attached hydrogens (tertiary/aromatic N) is 2. The molecule has 0 aromatic carbocycles. The highest BCUT2D eigenvalue weighted by Gasteiger charge is 1.58.